The van der Waals surface area contributed by atoms with E-state index in [1.807, 2.05) is 6.92 Å². The lowest BCUT2D eigenvalue weighted by atomic mass is 9.88. The smallest absolute Gasteiger partial charge is 0.384 e. The Morgan fingerprint density at radius 1 is 1.39 bits per heavy atom. The summed E-state index contributed by atoms with van der Waals surface area (Å²) in [5.41, 5.74) is -0.977. The number of fused-ring (bicyclic) bond motifs is 1. The van der Waals surface area contributed by atoms with E-state index in [2.05, 4.69) is 5.32 Å². The van der Waals surface area contributed by atoms with Gasteiger partial charge in [0.05, 0.1) is 36.2 Å². The average molecular weight is 398 g/mol. The molecule has 2 amide bonds. The topological polar surface area (TPSA) is 58.6 Å². The van der Waals surface area contributed by atoms with Gasteiger partial charge in [0, 0.05) is 13.5 Å². The van der Waals surface area contributed by atoms with E-state index in [1.54, 1.807) is 11.0 Å². The van der Waals surface area contributed by atoms with Crippen LogP contribution in [0.1, 0.15) is 56.2 Å². The number of methoxy groups -OCH3 is 1. The Labute approximate surface area is 162 Å². The maximum Gasteiger partial charge on any atom is 0.416 e. The lowest BCUT2D eigenvalue weighted by molar-refractivity contribution is -0.137. The zero-order chi connectivity index (χ0) is 20.5. The predicted molar refractivity (Wildman–Crippen MR) is 96.3 cm³/mol. The monoisotopic (exact) mass is 398 g/mol. The number of amides is 2. The van der Waals surface area contributed by atoms with Gasteiger partial charge in [-0.05, 0) is 43.9 Å². The van der Waals surface area contributed by atoms with Crippen LogP contribution < -0.4 is 5.32 Å². The molecule has 0 unspecified atom stereocenters. The molecule has 3 rings (SSSR count). The molecule has 1 aromatic rings. The SMILES string of the molecule is COCCC(=O)N1[C@H]2CCCC(=O)N[C@@]2(C)C[C@H]1c1cccc(C(F)(F)F)c1. The Morgan fingerprint density at radius 3 is 2.82 bits per heavy atom. The molecule has 2 heterocycles. The molecule has 0 bridgehead atoms. The van der Waals surface area contributed by atoms with Gasteiger partial charge in [-0.15, -0.1) is 0 Å². The number of benzene rings is 1. The van der Waals surface area contributed by atoms with Gasteiger partial charge in [0.25, 0.3) is 0 Å². The second-order valence-electron chi connectivity index (χ2n) is 7.76. The third-order valence-corrected chi connectivity index (χ3v) is 5.74. The molecule has 0 spiro atoms. The van der Waals surface area contributed by atoms with E-state index >= 15 is 0 Å². The van der Waals surface area contributed by atoms with Gasteiger partial charge in [0.15, 0.2) is 0 Å². The Bertz CT molecular complexity index is 752. The van der Waals surface area contributed by atoms with Crippen LogP contribution in [0.4, 0.5) is 13.2 Å². The van der Waals surface area contributed by atoms with Crippen LogP contribution in [-0.2, 0) is 20.5 Å². The van der Waals surface area contributed by atoms with Crippen molar-refractivity contribution in [2.24, 2.45) is 0 Å². The summed E-state index contributed by atoms with van der Waals surface area (Å²) >= 11 is 0. The van der Waals surface area contributed by atoms with Crippen molar-refractivity contribution in [3.8, 4) is 0 Å². The van der Waals surface area contributed by atoms with Crippen LogP contribution in [0.5, 0.6) is 0 Å². The van der Waals surface area contributed by atoms with Crippen molar-refractivity contribution < 1.29 is 27.5 Å². The van der Waals surface area contributed by atoms with E-state index in [0.717, 1.165) is 12.1 Å². The number of likely N-dealkylation sites (tertiary alicyclic amines) is 1. The van der Waals surface area contributed by atoms with Crippen LogP contribution >= 0.6 is 0 Å². The van der Waals surface area contributed by atoms with E-state index < -0.39 is 23.3 Å². The maximum absolute atomic E-state index is 13.2. The first kappa shape index (κ1) is 20.6. The van der Waals surface area contributed by atoms with Crippen LogP contribution in [-0.4, -0.2) is 42.0 Å². The summed E-state index contributed by atoms with van der Waals surface area (Å²) in [6.45, 7) is 2.12. The van der Waals surface area contributed by atoms with Crippen LogP contribution in [0.25, 0.3) is 0 Å². The average Bonchev–Trinajstić information content (AvgIpc) is 2.82. The summed E-state index contributed by atoms with van der Waals surface area (Å²) in [4.78, 5) is 26.8. The molecule has 1 aromatic carbocycles. The largest absolute Gasteiger partial charge is 0.416 e. The molecule has 2 saturated heterocycles. The zero-order valence-electron chi connectivity index (χ0n) is 16.0. The molecule has 0 saturated carbocycles. The zero-order valence-corrected chi connectivity index (χ0v) is 16.0. The molecular weight excluding hydrogens is 373 g/mol. The maximum atomic E-state index is 13.2. The Morgan fingerprint density at radius 2 is 2.14 bits per heavy atom. The highest BCUT2D eigenvalue weighted by atomic mass is 19.4. The summed E-state index contributed by atoms with van der Waals surface area (Å²) in [6.07, 6.45) is -2.28. The third-order valence-electron chi connectivity index (χ3n) is 5.74. The number of nitrogens with zero attached hydrogens (tertiary/aromatic N) is 1. The molecule has 2 fully saturated rings. The van der Waals surface area contributed by atoms with Crippen molar-refractivity contribution in [1.29, 1.82) is 0 Å². The molecular formula is C20H25F3N2O3. The standard InChI is InChI=1S/C20H25F3N2O3/c1-19-12-15(13-5-3-6-14(11-13)20(21,22)23)25(18(27)9-10-28-2)16(19)7-4-8-17(26)24-19/h3,5-6,11,15-16H,4,7-10,12H2,1-2H3,(H,24,26)/t15-,16-,19-/m0/s1. The number of ether oxygens (including phenoxy) is 1. The van der Waals surface area contributed by atoms with E-state index in [4.69, 9.17) is 4.74 Å². The molecule has 0 aromatic heterocycles. The van der Waals surface area contributed by atoms with Crippen molar-refractivity contribution >= 4 is 11.8 Å². The number of carbonyl (C=O) groups is 2. The number of nitrogens with one attached hydrogen (secondary N) is 1. The fourth-order valence-corrected chi connectivity index (χ4v) is 4.46. The number of alkyl halides is 3. The highest BCUT2D eigenvalue weighted by Gasteiger charge is 2.52. The molecule has 0 radical (unpaired) electrons. The number of halogens is 3. The van der Waals surface area contributed by atoms with E-state index in [-0.39, 0.29) is 30.9 Å². The highest BCUT2D eigenvalue weighted by molar-refractivity contribution is 5.80. The van der Waals surface area contributed by atoms with Crippen molar-refractivity contribution in [2.45, 2.75) is 62.8 Å². The number of hydrogen-bond acceptors (Lipinski definition) is 3. The highest BCUT2D eigenvalue weighted by Crippen LogP contribution is 2.46. The summed E-state index contributed by atoms with van der Waals surface area (Å²) in [5, 5.41) is 3.02. The fraction of sp³-hybridized carbons (Fsp3) is 0.600. The molecule has 0 aliphatic carbocycles. The first-order valence-corrected chi connectivity index (χ1v) is 9.44. The summed E-state index contributed by atoms with van der Waals surface area (Å²) in [7, 11) is 1.50. The molecule has 5 nitrogen and oxygen atoms in total. The second kappa shape index (κ2) is 7.73. The molecule has 2 aliphatic rings. The summed E-state index contributed by atoms with van der Waals surface area (Å²) in [6, 6.07) is 4.33. The van der Waals surface area contributed by atoms with Crippen molar-refractivity contribution in [3.05, 3.63) is 35.4 Å². The van der Waals surface area contributed by atoms with Crippen LogP contribution in [0.3, 0.4) is 0 Å². The molecule has 154 valence electrons. The van der Waals surface area contributed by atoms with E-state index in [0.29, 0.717) is 31.2 Å². The molecule has 2 aliphatic heterocycles. The quantitative estimate of drug-likeness (QED) is 0.845. The Kier molecular flexibility index (Phi) is 5.70. The lowest BCUT2D eigenvalue weighted by Gasteiger charge is -2.35. The fourth-order valence-electron chi connectivity index (χ4n) is 4.46. The van der Waals surface area contributed by atoms with Crippen LogP contribution in [0.15, 0.2) is 24.3 Å². The second-order valence-corrected chi connectivity index (χ2v) is 7.76. The van der Waals surface area contributed by atoms with Crippen LogP contribution in [0.2, 0.25) is 0 Å². The summed E-state index contributed by atoms with van der Waals surface area (Å²) in [5.74, 6) is -0.256. The third kappa shape index (κ3) is 4.01. The molecule has 28 heavy (non-hydrogen) atoms. The first-order chi connectivity index (χ1) is 13.2. The number of carbonyl (C=O) groups excluding carboxylic acids is 2. The van der Waals surface area contributed by atoms with Crippen molar-refractivity contribution in [2.75, 3.05) is 13.7 Å². The van der Waals surface area contributed by atoms with Crippen molar-refractivity contribution in [3.63, 3.8) is 0 Å². The Hall–Kier alpha value is -2.09. The van der Waals surface area contributed by atoms with Crippen molar-refractivity contribution in [1.82, 2.24) is 10.2 Å². The van der Waals surface area contributed by atoms with Gasteiger partial charge in [-0.2, -0.15) is 13.2 Å². The molecule has 3 atom stereocenters. The van der Waals surface area contributed by atoms with Gasteiger partial charge >= 0.3 is 6.18 Å². The lowest BCUT2D eigenvalue weighted by Crippen LogP contribution is -2.54. The van der Waals surface area contributed by atoms with Gasteiger partial charge in [0.1, 0.15) is 0 Å². The summed E-state index contributed by atoms with van der Waals surface area (Å²) < 4.78 is 44.6. The normalized spacial score (nSPS) is 27.9. The molecule has 1 N–H and O–H groups in total. The van der Waals surface area contributed by atoms with E-state index in [1.165, 1.54) is 13.2 Å². The van der Waals surface area contributed by atoms with Gasteiger partial charge in [-0.3, -0.25) is 9.59 Å². The number of rotatable bonds is 4. The first-order valence-electron chi connectivity index (χ1n) is 9.44. The molecule has 8 heteroatoms. The predicted octanol–water partition coefficient (Wildman–Crippen LogP) is 3.44. The van der Waals surface area contributed by atoms with Gasteiger partial charge < -0.3 is 15.0 Å². The minimum Gasteiger partial charge on any atom is -0.384 e. The van der Waals surface area contributed by atoms with Gasteiger partial charge in [0.2, 0.25) is 11.8 Å². The van der Waals surface area contributed by atoms with E-state index in [9.17, 15) is 22.8 Å². The van der Waals surface area contributed by atoms with Gasteiger partial charge in [-0.1, -0.05) is 12.1 Å². The number of hydrogen-bond donors (Lipinski definition) is 1. The van der Waals surface area contributed by atoms with Gasteiger partial charge in [-0.25, -0.2) is 0 Å². The minimum absolute atomic E-state index is 0.0843. The minimum atomic E-state index is -4.46. The van der Waals surface area contributed by atoms with Crippen LogP contribution in [0, 0.1) is 0 Å². The Balaban J connectivity index is 2.00.